The lowest BCUT2D eigenvalue weighted by atomic mass is 10.1. The highest BCUT2D eigenvalue weighted by Gasteiger charge is 2.32. The largest absolute Gasteiger partial charge is 0.480 e. The molecule has 2 aromatic heterocycles. The van der Waals surface area contributed by atoms with Gasteiger partial charge in [0, 0.05) is 25.3 Å². The van der Waals surface area contributed by atoms with E-state index < -0.39 is 34.0 Å². The molecule has 1 N–H and O–H groups in total. The van der Waals surface area contributed by atoms with E-state index in [9.17, 15) is 22.4 Å². The number of sulfonamides is 1. The smallest absolute Gasteiger partial charge is 0.331 e. The standard InChI is InChI=1S/C19H19FN4O5S/c20-13-3-5-15(6-4-13)30(28,29)22-10-7-14(8-11-22)24-18-16(2-1-9-21-18)23(19(24)27)12-17(25)26/h1-6,9,14H,7-8,10-12H2,(H,25,26). The highest BCUT2D eigenvalue weighted by Crippen LogP contribution is 2.28. The molecule has 0 spiro atoms. The van der Waals surface area contributed by atoms with E-state index >= 15 is 0 Å². The van der Waals surface area contributed by atoms with Crippen molar-refractivity contribution in [2.45, 2.75) is 30.3 Å². The van der Waals surface area contributed by atoms with Gasteiger partial charge in [0.2, 0.25) is 10.0 Å². The molecule has 11 heteroatoms. The van der Waals surface area contributed by atoms with Gasteiger partial charge in [0.1, 0.15) is 12.4 Å². The fourth-order valence-corrected chi connectivity index (χ4v) is 5.29. The van der Waals surface area contributed by atoms with E-state index in [-0.39, 0.29) is 24.0 Å². The van der Waals surface area contributed by atoms with Crippen molar-refractivity contribution >= 4 is 27.2 Å². The summed E-state index contributed by atoms with van der Waals surface area (Å²) in [7, 11) is -3.77. The third-order valence-electron chi connectivity index (χ3n) is 5.26. The Kier molecular flexibility index (Phi) is 5.16. The highest BCUT2D eigenvalue weighted by atomic mass is 32.2. The molecule has 1 fully saturated rings. The van der Waals surface area contributed by atoms with Gasteiger partial charge < -0.3 is 5.11 Å². The number of carboxylic acids is 1. The van der Waals surface area contributed by atoms with Gasteiger partial charge in [-0.3, -0.25) is 13.9 Å². The number of rotatable bonds is 5. The number of hydrogen-bond acceptors (Lipinski definition) is 5. The maximum absolute atomic E-state index is 13.1. The first kappa shape index (κ1) is 20.2. The maximum Gasteiger partial charge on any atom is 0.331 e. The Morgan fingerprint density at radius 1 is 1.17 bits per heavy atom. The van der Waals surface area contributed by atoms with Gasteiger partial charge in [-0.1, -0.05) is 0 Å². The number of imidazole rings is 1. The molecule has 9 nitrogen and oxygen atoms in total. The molecule has 1 aliphatic rings. The van der Waals surface area contributed by atoms with E-state index in [4.69, 9.17) is 5.11 Å². The molecule has 0 aliphatic carbocycles. The van der Waals surface area contributed by atoms with Gasteiger partial charge in [-0.05, 0) is 49.2 Å². The first-order valence-electron chi connectivity index (χ1n) is 9.32. The molecule has 1 aliphatic heterocycles. The molecule has 30 heavy (non-hydrogen) atoms. The SMILES string of the molecule is O=C(O)Cn1c(=O)n(C2CCN(S(=O)(=O)c3ccc(F)cc3)CC2)c2ncccc21. The Morgan fingerprint density at radius 3 is 2.47 bits per heavy atom. The Balaban J connectivity index is 1.61. The minimum Gasteiger partial charge on any atom is -0.480 e. The van der Waals surface area contributed by atoms with Crippen molar-refractivity contribution in [3.8, 4) is 0 Å². The topological polar surface area (TPSA) is 114 Å². The summed E-state index contributed by atoms with van der Waals surface area (Å²) >= 11 is 0. The van der Waals surface area contributed by atoms with E-state index in [1.165, 1.54) is 27.2 Å². The van der Waals surface area contributed by atoms with E-state index in [0.717, 1.165) is 16.7 Å². The molecule has 158 valence electrons. The first-order valence-corrected chi connectivity index (χ1v) is 10.8. The van der Waals surface area contributed by atoms with Crippen molar-refractivity contribution in [1.82, 2.24) is 18.4 Å². The van der Waals surface area contributed by atoms with Crippen LogP contribution in [0.4, 0.5) is 4.39 Å². The van der Waals surface area contributed by atoms with Crippen LogP contribution in [0.2, 0.25) is 0 Å². The second-order valence-corrected chi connectivity index (χ2v) is 9.01. The number of hydrogen-bond donors (Lipinski definition) is 1. The van der Waals surface area contributed by atoms with E-state index in [2.05, 4.69) is 4.98 Å². The van der Waals surface area contributed by atoms with Gasteiger partial charge in [-0.25, -0.2) is 22.6 Å². The van der Waals surface area contributed by atoms with Gasteiger partial charge in [0.15, 0.2) is 5.65 Å². The van der Waals surface area contributed by atoms with Crippen LogP contribution in [-0.2, 0) is 21.4 Å². The third kappa shape index (κ3) is 3.50. The summed E-state index contributed by atoms with van der Waals surface area (Å²) in [5.41, 5.74) is 0.320. The van der Waals surface area contributed by atoms with Crippen LogP contribution in [0.25, 0.3) is 11.2 Å². The number of fused-ring (bicyclic) bond motifs is 1. The maximum atomic E-state index is 13.1. The van der Waals surface area contributed by atoms with Crippen molar-refractivity contribution in [2.75, 3.05) is 13.1 Å². The van der Waals surface area contributed by atoms with Crippen LogP contribution in [0, 0.1) is 5.82 Å². The predicted molar refractivity (Wildman–Crippen MR) is 105 cm³/mol. The molecule has 4 rings (SSSR count). The van der Waals surface area contributed by atoms with Gasteiger partial charge in [-0.2, -0.15) is 4.31 Å². The normalized spacial score (nSPS) is 16.2. The monoisotopic (exact) mass is 434 g/mol. The summed E-state index contributed by atoms with van der Waals surface area (Å²) in [5.74, 6) is -1.66. The van der Waals surface area contributed by atoms with Crippen LogP contribution in [-0.4, -0.2) is 51.0 Å². The molecule has 3 aromatic rings. The summed E-state index contributed by atoms with van der Waals surface area (Å²) in [6.45, 7) is -0.129. The number of nitrogens with zero attached hydrogens (tertiary/aromatic N) is 4. The summed E-state index contributed by atoms with van der Waals surface area (Å²) < 4.78 is 42.6. The molecular weight excluding hydrogens is 415 g/mol. The zero-order chi connectivity index (χ0) is 21.5. The zero-order valence-corrected chi connectivity index (χ0v) is 16.6. The van der Waals surface area contributed by atoms with Gasteiger partial charge in [0.05, 0.1) is 10.4 Å². The molecule has 0 amide bonds. The first-order chi connectivity index (χ1) is 14.3. The Hall–Kier alpha value is -3.05. The summed E-state index contributed by atoms with van der Waals surface area (Å²) in [5, 5.41) is 9.13. The van der Waals surface area contributed by atoms with Crippen LogP contribution >= 0.6 is 0 Å². The quantitative estimate of drug-likeness (QED) is 0.650. The summed E-state index contributed by atoms with van der Waals surface area (Å²) in [4.78, 5) is 28.3. The van der Waals surface area contributed by atoms with E-state index in [1.54, 1.807) is 12.1 Å². The van der Waals surface area contributed by atoms with Crippen molar-refractivity contribution in [1.29, 1.82) is 0 Å². The zero-order valence-electron chi connectivity index (χ0n) is 15.8. The molecular formula is C19H19FN4O5S. The van der Waals surface area contributed by atoms with Crippen molar-refractivity contribution in [2.24, 2.45) is 0 Å². The fraction of sp³-hybridized carbons (Fsp3) is 0.316. The molecule has 0 atom stereocenters. The van der Waals surface area contributed by atoms with E-state index in [0.29, 0.717) is 24.0 Å². The molecule has 0 radical (unpaired) electrons. The number of piperidine rings is 1. The number of carboxylic acid groups (broad SMARTS) is 1. The van der Waals surface area contributed by atoms with Gasteiger partial charge in [0.25, 0.3) is 0 Å². The number of carbonyl (C=O) groups is 1. The Bertz CT molecular complexity index is 1260. The lowest BCUT2D eigenvalue weighted by Crippen LogP contribution is -2.41. The van der Waals surface area contributed by atoms with Crippen molar-refractivity contribution < 1.29 is 22.7 Å². The van der Waals surface area contributed by atoms with Crippen LogP contribution in [0.3, 0.4) is 0 Å². The Labute approximate surface area is 171 Å². The lowest BCUT2D eigenvalue weighted by Gasteiger charge is -2.31. The molecule has 0 bridgehead atoms. The average Bonchev–Trinajstić information content (AvgIpc) is 3.00. The van der Waals surface area contributed by atoms with Crippen molar-refractivity contribution in [3.63, 3.8) is 0 Å². The molecule has 1 aromatic carbocycles. The van der Waals surface area contributed by atoms with Crippen LogP contribution in [0.5, 0.6) is 0 Å². The number of pyridine rings is 1. The number of aliphatic carboxylic acids is 1. The molecule has 1 saturated heterocycles. The third-order valence-corrected chi connectivity index (χ3v) is 7.17. The Morgan fingerprint density at radius 2 is 1.83 bits per heavy atom. The highest BCUT2D eigenvalue weighted by molar-refractivity contribution is 7.89. The predicted octanol–water partition coefficient (Wildman–Crippen LogP) is 1.45. The second-order valence-electron chi connectivity index (χ2n) is 7.07. The van der Waals surface area contributed by atoms with E-state index in [1.807, 2.05) is 0 Å². The van der Waals surface area contributed by atoms with Crippen molar-refractivity contribution in [3.05, 3.63) is 58.9 Å². The summed E-state index contributed by atoms with van der Waals surface area (Å²) in [6.07, 6.45) is 2.25. The van der Waals surface area contributed by atoms with Crippen LogP contribution < -0.4 is 5.69 Å². The second kappa shape index (κ2) is 7.65. The number of halogens is 1. The number of aromatic nitrogens is 3. The average molecular weight is 434 g/mol. The molecule has 3 heterocycles. The van der Waals surface area contributed by atoms with Gasteiger partial charge >= 0.3 is 11.7 Å². The fourth-order valence-electron chi connectivity index (χ4n) is 3.82. The minimum absolute atomic E-state index is 0.0132. The lowest BCUT2D eigenvalue weighted by molar-refractivity contribution is -0.137. The van der Waals surface area contributed by atoms with Crippen LogP contribution in [0.15, 0.2) is 52.3 Å². The number of benzene rings is 1. The van der Waals surface area contributed by atoms with Gasteiger partial charge in [-0.15, -0.1) is 0 Å². The molecule has 0 saturated carbocycles. The molecule has 0 unspecified atom stereocenters. The minimum atomic E-state index is -3.77. The van der Waals surface area contributed by atoms with Crippen LogP contribution in [0.1, 0.15) is 18.9 Å². The summed E-state index contributed by atoms with van der Waals surface area (Å²) in [6, 6.07) is 7.60.